The summed E-state index contributed by atoms with van der Waals surface area (Å²) in [6.45, 7) is -0.558. The number of methoxy groups -OCH3 is 1. The molecule has 3 amide bonds. The first-order valence-electron chi connectivity index (χ1n) is 15.9. The number of carbonyl (C=O) groups excluding carboxylic acids is 3. The van der Waals surface area contributed by atoms with Crippen molar-refractivity contribution in [3.8, 4) is 5.75 Å². The van der Waals surface area contributed by atoms with Gasteiger partial charge in [0.25, 0.3) is 21.8 Å². The number of rotatable bonds is 15. The van der Waals surface area contributed by atoms with Gasteiger partial charge in [-0.05, 0) is 61.2 Å². The molecule has 0 unspecified atom stereocenters. The standard InChI is InChI=1S/C35H39N5O8S/c1-47-25-16-18-27(19-17-25)49(45,46)40(48-26-12-6-7-13-26)22-31(41)30(21-23-9-3-2-4-10-23)38-35(44)32(33(36)42)39-34(43)29-20-15-24-11-5-8-14-28(24)37-29/h2-5,8-11,14-20,26,30-32,41H,6-7,12-13,21-22H2,1H3,(H2,36,42)(H,38,44)(H,39,43)/t30-,31+,32-/m0/s1. The summed E-state index contributed by atoms with van der Waals surface area (Å²) < 4.78 is 33.6. The van der Waals surface area contributed by atoms with Gasteiger partial charge in [0.1, 0.15) is 11.4 Å². The van der Waals surface area contributed by atoms with Crippen molar-refractivity contribution >= 4 is 38.6 Å². The van der Waals surface area contributed by atoms with Gasteiger partial charge < -0.3 is 26.2 Å². The van der Waals surface area contributed by atoms with Crippen molar-refractivity contribution in [1.82, 2.24) is 20.1 Å². The first kappa shape index (κ1) is 35.4. The molecule has 5 rings (SSSR count). The second-order valence-electron chi connectivity index (χ2n) is 11.7. The Hall–Kier alpha value is -4.89. The molecule has 1 aliphatic carbocycles. The van der Waals surface area contributed by atoms with E-state index in [4.69, 9.17) is 15.3 Å². The third-order valence-corrected chi connectivity index (χ3v) is 9.91. The van der Waals surface area contributed by atoms with Crippen molar-refractivity contribution in [1.29, 1.82) is 0 Å². The Morgan fingerprint density at radius 1 is 0.939 bits per heavy atom. The van der Waals surface area contributed by atoms with E-state index in [0.717, 1.165) is 22.7 Å². The highest BCUT2D eigenvalue weighted by atomic mass is 32.2. The lowest BCUT2D eigenvalue weighted by molar-refractivity contribution is -0.147. The van der Waals surface area contributed by atoms with E-state index in [0.29, 0.717) is 29.7 Å². The average Bonchev–Trinajstić information content (AvgIpc) is 3.63. The van der Waals surface area contributed by atoms with E-state index in [1.807, 2.05) is 12.1 Å². The predicted octanol–water partition coefficient (Wildman–Crippen LogP) is 2.48. The largest absolute Gasteiger partial charge is 0.497 e. The van der Waals surface area contributed by atoms with Crippen molar-refractivity contribution in [2.24, 2.45) is 5.73 Å². The molecule has 1 aliphatic rings. The van der Waals surface area contributed by atoms with E-state index in [9.17, 15) is 27.9 Å². The molecule has 14 heteroatoms. The van der Waals surface area contributed by atoms with Crippen molar-refractivity contribution in [3.05, 3.63) is 102 Å². The highest BCUT2D eigenvalue weighted by Gasteiger charge is 2.36. The number of hydrogen-bond donors (Lipinski definition) is 4. The number of carbonyl (C=O) groups is 3. The molecule has 0 spiro atoms. The number of aromatic nitrogens is 1. The maximum atomic E-state index is 13.8. The number of ether oxygens (including phenoxy) is 1. The summed E-state index contributed by atoms with van der Waals surface area (Å²) in [6, 6.07) is 21.9. The summed E-state index contributed by atoms with van der Waals surface area (Å²) in [7, 11) is -2.83. The van der Waals surface area contributed by atoms with Crippen LogP contribution in [0.2, 0.25) is 0 Å². The number of nitrogens with one attached hydrogen (secondary N) is 2. The number of hydrogen-bond acceptors (Lipinski definition) is 9. The molecule has 1 aromatic heterocycles. The third kappa shape index (κ3) is 8.97. The summed E-state index contributed by atoms with van der Waals surface area (Å²) >= 11 is 0. The Kier molecular flexibility index (Phi) is 11.6. The fraction of sp³-hybridized carbons (Fsp3) is 0.314. The topological polar surface area (TPSA) is 190 Å². The normalized spacial score (nSPS) is 15.4. The van der Waals surface area contributed by atoms with Crippen LogP contribution in [0.3, 0.4) is 0 Å². The average molecular weight is 690 g/mol. The molecule has 13 nitrogen and oxygen atoms in total. The Morgan fingerprint density at radius 2 is 1.61 bits per heavy atom. The van der Waals surface area contributed by atoms with Gasteiger partial charge in [-0.3, -0.25) is 19.2 Å². The van der Waals surface area contributed by atoms with Crippen LogP contribution in [0.4, 0.5) is 0 Å². The number of aliphatic hydroxyl groups is 1. The lowest BCUT2D eigenvalue weighted by atomic mass is 10.0. The zero-order chi connectivity index (χ0) is 35.0. The van der Waals surface area contributed by atoms with Gasteiger partial charge in [-0.15, -0.1) is 0 Å². The number of sulfonamides is 1. The van der Waals surface area contributed by atoms with E-state index in [-0.39, 0.29) is 23.1 Å². The number of nitrogens with zero attached hydrogens (tertiary/aromatic N) is 2. The molecule has 258 valence electrons. The van der Waals surface area contributed by atoms with Crippen molar-refractivity contribution in [3.63, 3.8) is 0 Å². The SMILES string of the molecule is COc1ccc(S(=O)(=O)N(C[C@@H](O)[C@H](Cc2ccccc2)NC(=O)[C@@H](NC(=O)c2ccc3ccccc3n2)C(N)=O)OC2CCCC2)cc1. The highest BCUT2D eigenvalue weighted by Crippen LogP contribution is 2.27. The fourth-order valence-electron chi connectivity index (χ4n) is 5.58. The maximum Gasteiger partial charge on any atom is 0.270 e. The molecule has 0 aliphatic heterocycles. The van der Waals surface area contributed by atoms with Gasteiger partial charge in [0, 0.05) is 5.39 Å². The Balaban J connectivity index is 1.38. The number of hydroxylamine groups is 1. The zero-order valence-electron chi connectivity index (χ0n) is 26.9. The number of para-hydroxylation sites is 1. The summed E-state index contributed by atoms with van der Waals surface area (Å²) in [5, 5.41) is 17.4. The van der Waals surface area contributed by atoms with E-state index in [1.54, 1.807) is 48.5 Å². The van der Waals surface area contributed by atoms with Gasteiger partial charge in [-0.25, -0.2) is 13.4 Å². The van der Waals surface area contributed by atoms with E-state index < -0.39 is 52.5 Å². The van der Waals surface area contributed by atoms with Crippen LogP contribution in [0.15, 0.2) is 95.9 Å². The Morgan fingerprint density at radius 3 is 2.29 bits per heavy atom. The molecule has 3 aromatic carbocycles. The lowest BCUT2D eigenvalue weighted by Gasteiger charge is -2.31. The second kappa shape index (κ2) is 16.0. The van der Waals surface area contributed by atoms with Gasteiger partial charge in [0.2, 0.25) is 5.91 Å². The summed E-state index contributed by atoms with van der Waals surface area (Å²) in [5.41, 5.74) is 6.76. The molecule has 4 aromatic rings. The monoisotopic (exact) mass is 689 g/mol. The van der Waals surface area contributed by atoms with Crippen LogP contribution in [0.1, 0.15) is 41.7 Å². The molecule has 5 N–H and O–H groups in total. The third-order valence-electron chi connectivity index (χ3n) is 8.27. The summed E-state index contributed by atoms with van der Waals surface area (Å²) in [6.07, 6.45) is 1.13. The predicted molar refractivity (Wildman–Crippen MR) is 181 cm³/mol. The van der Waals surface area contributed by atoms with E-state index in [1.165, 1.54) is 37.4 Å². The molecule has 0 saturated heterocycles. The quantitative estimate of drug-likeness (QED) is 0.107. The van der Waals surface area contributed by atoms with E-state index >= 15 is 0 Å². The Labute approximate surface area is 284 Å². The van der Waals surface area contributed by atoms with Crippen molar-refractivity contribution in [2.75, 3.05) is 13.7 Å². The second-order valence-corrected chi connectivity index (χ2v) is 13.6. The summed E-state index contributed by atoms with van der Waals surface area (Å²) in [5.74, 6) is -2.50. The molecular weight excluding hydrogens is 650 g/mol. The molecule has 0 bridgehead atoms. The number of primary amides is 1. The fourth-order valence-corrected chi connectivity index (χ4v) is 6.88. The minimum atomic E-state index is -4.29. The maximum absolute atomic E-state index is 13.8. The van der Waals surface area contributed by atoms with Crippen LogP contribution in [0.5, 0.6) is 5.75 Å². The molecule has 1 fully saturated rings. The number of aliphatic hydroxyl groups excluding tert-OH is 1. The number of amides is 3. The molecule has 1 heterocycles. The van der Waals surface area contributed by atoms with Crippen LogP contribution in [-0.2, 0) is 30.9 Å². The van der Waals surface area contributed by atoms with Crippen LogP contribution in [-0.4, -0.2) is 78.6 Å². The minimum Gasteiger partial charge on any atom is -0.497 e. The van der Waals surface area contributed by atoms with Gasteiger partial charge in [0.15, 0.2) is 6.04 Å². The highest BCUT2D eigenvalue weighted by molar-refractivity contribution is 7.89. The molecule has 49 heavy (non-hydrogen) atoms. The lowest BCUT2D eigenvalue weighted by Crippen LogP contribution is -2.59. The first-order valence-corrected chi connectivity index (χ1v) is 17.3. The van der Waals surface area contributed by atoms with Gasteiger partial charge in [-0.2, -0.15) is 0 Å². The molecule has 3 atom stereocenters. The van der Waals surface area contributed by atoms with E-state index in [2.05, 4.69) is 15.6 Å². The number of pyridine rings is 1. The summed E-state index contributed by atoms with van der Waals surface area (Å²) in [4.78, 5) is 49.4. The van der Waals surface area contributed by atoms with Gasteiger partial charge in [-0.1, -0.05) is 71.9 Å². The number of fused-ring (bicyclic) bond motifs is 1. The smallest absolute Gasteiger partial charge is 0.270 e. The van der Waals surface area contributed by atoms with Crippen molar-refractivity contribution < 1.29 is 37.5 Å². The first-order chi connectivity index (χ1) is 23.5. The zero-order valence-corrected chi connectivity index (χ0v) is 27.7. The minimum absolute atomic E-state index is 0.0398. The molecular formula is C35H39N5O8S. The van der Waals surface area contributed by atoms with Crippen molar-refractivity contribution in [2.45, 2.75) is 61.3 Å². The number of benzene rings is 3. The van der Waals surface area contributed by atoms with Crippen LogP contribution < -0.4 is 21.1 Å². The van der Waals surface area contributed by atoms with Crippen LogP contribution in [0, 0.1) is 0 Å². The Bertz CT molecular complexity index is 1870. The molecule has 0 radical (unpaired) electrons. The van der Waals surface area contributed by atoms with Gasteiger partial charge in [0.05, 0.1) is 42.3 Å². The van der Waals surface area contributed by atoms with Gasteiger partial charge >= 0.3 is 0 Å². The van der Waals surface area contributed by atoms with Crippen LogP contribution >= 0.6 is 0 Å². The van der Waals surface area contributed by atoms with Crippen LogP contribution in [0.25, 0.3) is 10.9 Å². The molecule has 1 saturated carbocycles. The number of nitrogens with two attached hydrogens (primary N) is 1.